The molecule has 0 aromatic heterocycles. The molecule has 0 aliphatic heterocycles. The van der Waals surface area contributed by atoms with Crippen LogP contribution in [-0.4, -0.2) is 0 Å². The third-order valence-electron chi connectivity index (χ3n) is 5.86. The summed E-state index contributed by atoms with van der Waals surface area (Å²) in [7, 11) is 18.7. The first-order valence-corrected chi connectivity index (χ1v) is 25.8. The zero-order valence-electron chi connectivity index (χ0n) is 22.4. The van der Waals surface area contributed by atoms with Gasteiger partial charge in [0.15, 0.2) is 0 Å². The van der Waals surface area contributed by atoms with Gasteiger partial charge < -0.3 is 0 Å². The summed E-state index contributed by atoms with van der Waals surface area (Å²) >= 11 is -0.931. The van der Waals surface area contributed by atoms with Gasteiger partial charge in [0.1, 0.15) is 0 Å². The molecule has 2 aliphatic carbocycles. The van der Waals surface area contributed by atoms with E-state index in [1.807, 2.05) is 0 Å². The molecule has 2 aliphatic rings. The van der Waals surface area contributed by atoms with Crippen LogP contribution in [0.3, 0.4) is 0 Å². The quantitative estimate of drug-likeness (QED) is 0.134. The van der Waals surface area contributed by atoms with Crippen molar-refractivity contribution in [3.05, 3.63) is 184 Å². The van der Waals surface area contributed by atoms with Gasteiger partial charge in [0.2, 0.25) is 0 Å². The van der Waals surface area contributed by atoms with E-state index in [0.29, 0.717) is 0 Å². The molecule has 0 spiro atoms. The molecule has 8 heteroatoms. The van der Waals surface area contributed by atoms with Crippen LogP contribution in [0.2, 0.25) is 0 Å². The molecule has 214 valence electrons. The molecule has 0 nitrogen and oxygen atoms in total. The van der Waals surface area contributed by atoms with Gasteiger partial charge in [-0.3, -0.25) is 0 Å². The van der Waals surface area contributed by atoms with Crippen LogP contribution in [0.5, 0.6) is 0 Å². The van der Waals surface area contributed by atoms with Gasteiger partial charge in [0.05, 0.1) is 0 Å². The molecular formula is C34H28Cl4P2PdZr+2. The Balaban J connectivity index is 0.000000195. The first-order chi connectivity index (χ1) is 20.7. The monoisotopic (exact) mass is 834 g/mol. The molecule has 0 atom stereocenters. The average molecular weight is 838 g/mol. The Morgan fingerprint density at radius 3 is 0.786 bits per heavy atom. The van der Waals surface area contributed by atoms with Crippen molar-refractivity contribution in [2.24, 2.45) is 0 Å². The molecule has 4 aromatic rings. The third-order valence-corrected chi connectivity index (χ3v) is 10.8. The van der Waals surface area contributed by atoms with Gasteiger partial charge in [-0.15, -0.1) is 0 Å². The summed E-state index contributed by atoms with van der Waals surface area (Å²) in [4.78, 5) is 0. The van der Waals surface area contributed by atoms with E-state index in [9.17, 15) is 0 Å². The molecule has 2 saturated carbocycles. The number of benzene rings is 4. The normalized spacial score (nSPS) is 14.7. The van der Waals surface area contributed by atoms with Gasteiger partial charge in [-0.05, 0) is 88.4 Å². The third kappa shape index (κ3) is 12.7. The zero-order valence-corrected chi connectivity index (χ0v) is 31.2. The van der Waals surface area contributed by atoms with Gasteiger partial charge in [0, 0.05) is 11.3 Å². The Bertz CT molecular complexity index is 1020. The van der Waals surface area contributed by atoms with Crippen molar-refractivity contribution in [3.63, 3.8) is 0 Å². The minimum atomic E-state index is -0.826. The van der Waals surface area contributed by atoms with Gasteiger partial charge in [-0.1, -0.05) is 121 Å². The van der Waals surface area contributed by atoms with Crippen molar-refractivity contribution >= 4 is 73.1 Å². The average Bonchev–Trinajstić information content (AvgIpc) is 3.77. The first-order valence-electron chi connectivity index (χ1n) is 12.8. The summed E-state index contributed by atoms with van der Waals surface area (Å²) in [6, 6.07) is 43.1. The van der Waals surface area contributed by atoms with Crippen LogP contribution in [0.1, 0.15) is 0 Å². The van der Waals surface area contributed by atoms with Gasteiger partial charge >= 0.3 is 72.9 Å². The Morgan fingerprint density at radius 1 is 0.405 bits per heavy atom. The summed E-state index contributed by atoms with van der Waals surface area (Å²) < 4.78 is 0. The predicted octanol–water partition coefficient (Wildman–Crippen LogP) is 9.72. The van der Waals surface area contributed by atoms with E-state index in [1.54, 1.807) is 0 Å². The number of hydrogen-bond donors (Lipinski definition) is 0. The number of rotatable bonds is 6. The molecule has 6 rings (SSSR count). The molecule has 0 N–H and O–H groups in total. The number of hydrogen-bond acceptors (Lipinski definition) is 0. The second-order valence-electron chi connectivity index (χ2n) is 8.42. The van der Waals surface area contributed by atoms with Crippen LogP contribution >= 0.6 is 51.9 Å². The van der Waals surface area contributed by atoms with Crippen LogP contribution in [0.4, 0.5) is 0 Å². The van der Waals surface area contributed by atoms with Crippen LogP contribution in [0.15, 0.2) is 121 Å². The van der Waals surface area contributed by atoms with E-state index >= 15 is 0 Å². The van der Waals surface area contributed by atoms with Gasteiger partial charge in [-0.25, -0.2) is 0 Å². The van der Waals surface area contributed by atoms with Crippen molar-refractivity contribution in [1.29, 1.82) is 0 Å². The molecule has 0 saturated heterocycles. The first kappa shape index (κ1) is 36.9. The maximum atomic E-state index is 4.93. The van der Waals surface area contributed by atoms with Crippen LogP contribution in [0.25, 0.3) is 0 Å². The Labute approximate surface area is 291 Å². The summed E-state index contributed by atoms with van der Waals surface area (Å²) in [5, 5.41) is 5.63. The predicted molar refractivity (Wildman–Crippen MR) is 182 cm³/mol. The summed E-state index contributed by atoms with van der Waals surface area (Å²) in [5.74, 6) is 0. The van der Waals surface area contributed by atoms with Crippen molar-refractivity contribution in [2.75, 3.05) is 0 Å². The molecule has 0 heterocycles. The second-order valence-corrected chi connectivity index (χ2v) is 18.9. The molecule has 0 unspecified atom stereocenters. The SMILES string of the molecule is [CH]1[CH][CH][C](P(c2ccccc2)c2ccccc2)[CH]1.[CH]1[CH][CH][C](P(c2ccccc2)c2ccccc2)[CH]1.[Cl][Pd][Cl].[Cl][Zr+2][Cl]. The van der Waals surface area contributed by atoms with Gasteiger partial charge in [0.25, 0.3) is 0 Å². The van der Waals surface area contributed by atoms with Crippen LogP contribution in [0, 0.1) is 62.7 Å². The fourth-order valence-electron chi connectivity index (χ4n) is 4.23. The van der Waals surface area contributed by atoms with E-state index in [-0.39, 0.29) is 15.9 Å². The minimum absolute atomic E-state index is 0.106. The summed E-state index contributed by atoms with van der Waals surface area (Å²) in [6.07, 6.45) is 17.4. The Hall–Kier alpha value is 0.445. The second kappa shape index (κ2) is 22.9. The van der Waals surface area contributed by atoms with Crippen molar-refractivity contribution in [1.82, 2.24) is 0 Å². The molecule has 2 fully saturated rings. The molecule has 0 amide bonds. The fraction of sp³-hybridized carbons (Fsp3) is 0. The summed E-state index contributed by atoms with van der Waals surface area (Å²) in [6.45, 7) is 0. The van der Waals surface area contributed by atoms with Crippen LogP contribution < -0.4 is 21.2 Å². The molecular weight excluding hydrogens is 810 g/mol. The van der Waals surface area contributed by atoms with Crippen LogP contribution in [-0.2, 0) is 36.8 Å². The Kier molecular flexibility index (Phi) is 20.1. The maximum absolute atomic E-state index is 4.93. The van der Waals surface area contributed by atoms with E-state index in [0.717, 1.165) is 0 Å². The van der Waals surface area contributed by atoms with E-state index in [4.69, 9.17) is 36.1 Å². The van der Waals surface area contributed by atoms with Gasteiger partial charge in [-0.2, -0.15) is 0 Å². The van der Waals surface area contributed by atoms with Crippen molar-refractivity contribution in [2.45, 2.75) is 0 Å². The zero-order chi connectivity index (χ0) is 29.8. The molecule has 10 radical (unpaired) electrons. The van der Waals surface area contributed by atoms with E-state index < -0.39 is 36.7 Å². The molecule has 4 aromatic carbocycles. The van der Waals surface area contributed by atoms with Crippen molar-refractivity contribution < 1.29 is 36.8 Å². The van der Waals surface area contributed by atoms with E-state index in [1.165, 1.54) is 32.5 Å². The fourth-order valence-corrected chi connectivity index (χ4v) is 8.84. The van der Waals surface area contributed by atoms with Crippen molar-refractivity contribution in [3.8, 4) is 0 Å². The summed E-state index contributed by atoms with van der Waals surface area (Å²) in [5.41, 5.74) is 2.84. The number of halogens is 4. The molecule has 42 heavy (non-hydrogen) atoms. The topological polar surface area (TPSA) is 0 Å². The molecule has 0 bridgehead atoms. The Morgan fingerprint density at radius 2 is 0.595 bits per heavy atom. The van der Waals surface area contributed by atoms with E-state index in [2.05, 4.69) is 173 Å². The standard InChI is InChI=1S/2C17H14P.4ClH.Pd.Zr/c2*1-3-9-15(10-4-1)18(17-13-7-8-14-17)16-11-5-2-6-12-16;;;;;;/h2*1-14H;4*1H;;/q;;;;;;+2;+4/p-4.